The van der Waals surface area contributed by atoms with Crippen LogP contribution < -0.4 is 10.6 Å². The van der Waals surface area contributed by atoms with Crippen LogP contribution in [-0.2, 0) is 5.54 Å². The Morgan fingerprint density at radius 1 is 1.20 bits per heavy atom. The van der Waals surface area contributed by atoms with Gasteiger partial charge in [-0.2, -0.15) is 15.3 Å². The molecule has 2 aromatic heterocycles. The van der Waals surface area contributed by atoms with E-state index in [4.69, 9.17) is 5.73 Å². The Hall–Kier alpha value is -2.25. The lowest BCUT2D eigenvalue weighted by molar-refractivity contribution is 0.340. The number of nitrogens with one attached hydrogen (secondary N) is 1. The molecule has 8 heteroatoms. The van der Waals surface area contributed by atoms with Gasteiger partial charge in [-0.3, -0.25) is 5.10 Å². The van der Waals surface area contributed by atoms with E-state index >= 15 is 0 Å². The number of nitrogens with zero attached hydrogens (tertiary/aromatic N) is 5. The molecule has 0 bridgehead atoms. The summed E-state index contributed by atoms with van der Waals surface area (Å²) in [6.07, 6.45) is 1.61. The lowest BCUT2D eigenvalue weighted by Crippen LogP contribution is -2.48. The Labute approximate surface area is 158 Å². The van der Waals surface area contributed by atoms with Crippen molar-refractivity contribution >= 4 is 39.6 Å². The zero-order chi connectivity index (χ0) is 17.4. The van der Waals surface area contributed by atoms with Crippen molar-refractivity contribution in [1.82, 2.24) is 20.2 Å². The summed E-state index contributed by atoms with van der Waals surface area (Å²) in [4.78, 5) is 11.0. The molecule has 0 amide bonds. The number of H-pyrrole nitrogens is 1. The third kappa shape index (κ3) is 2.83. The summed E-state index contributed by atoms with van der Waals surface area (Å²) >= 11 is 2.10. The van der Waals surface area contributed by atoms with Crippen LogP contribution in [0.3, 0.4) is 0 Å². The molecule has 25 heavy (non-hydrogen) atoms. The van der Waals surface area contributed by atoms with Gasteiger partial charge >= 0.3 is 0 Å². The van der Waals surface area contributed by atoms with Crippen molar-refractivity contribution < 1.29 is 0 Å². The summed E-state index contributed by atoms with van der Waals surface area (Å²) in [7, 11) is 0. The summed E-state index contributed by atoms with van der Waals surface area (Å²) in [6.45, 7) is 1.48. The third-order valence-electron chi connectivity index (χ3n) is 4.75. The van der Waals surface area contributed by atoms with Crippen molar-refractivity contribution in [3.05, 3.63) is 45.3 Å². The van der Waals surface area contributed by atoms with Crippen molar-refractivity contribution in [2.24, 2.45) is 5.73 Å². The second-order valence-corrected chi connectivity index (χ2v) is 7.31. The first-order valence-electron chi connectivity index (χ1n) is 8.02. The quantitative estimate of drug-likeness (QED) is 0.587. The van der Waals surface area contributed by atoms with Crippen molar-refractivity contribution in [1.29, 1.82) is 5.26 Å². The summed E-state index contributed by atoms with van der Waals surface area (Å²) in [5.41, 5.74) is 8.34. The molecule has 1 aliphatic rings. The molecule has 3 heterocycles. The molecular formula is C17H16IN7. The highest BCUT2D eigenvalue weighted by Crippen LogP contribution is 2.32. The summed E-state index contributed by atoms with van der Waals surface area (Å²) in [6, 6.07) is 12.4. The SMILES string of the molecule is N#Cc1nc(N2CCC(N)(c3ccccc3)CC2)nc2n[nH]c(I)c12. The van der Waals surface area contributed by atoms with Crippen LogP contribution in [0.25, 0.3) is 11.0 Å². The molecule has 3 aromatic rings. The average Bonchev–Trinajstić information content (AvgIpc) is 3.03. The zero-order valence-corrected chi connectivity index (χ0v) is 15.6. The number of aromatic nitrogens is 4. The van der Waals surface area contributed by atoms with Crippen molar-refractivity contribution in [3.8, 4) is 6.07 Å². The van der Waals surface area contributed by atoms with Crippen LogP contribution in [0.2, 0.25) is 0 Å². The van der Waals surface area contributed by atoms with Gasteiger partial charge in [-0.05, 0) is 41.0 Å². The Kier molecular flexibility index (Phi) is 4.05. The van der Waals surface area contributed by atoms with Gasteiger partial charge in [-0.25, -0.2) is 4.98 Å². The van der Waals surface area contributed by atoms with E-state index < -0.39 is 0 Å². The molecule has 1 saturated heterocycles. The molecule has 1 aliphatic heterocycles. The second kappa shape index (κ2) is 6.24. The number of nitrogens with two attached hydrogens (primary N) is 1. The number of piperidine rings is 1. The van der Waals surface area contributed by atoms with Crippen molar-refractivity contribution in [2.45, 2.75) is 18.4 Å². The summed E-state index contributed by atoms with van der Waals surface area (Å²) < 4.78 is 0.777. The van der Waals surface area contributed by atoms with Gasteiger partial charge in [-0.15, -0.1) is 0 Å². The highest BCUT2D eigenvalue weighted by atomic mass is 127. The molecular weight excluding hydrogens is 429 g/mol. The van der Waals surface area contributed by atoms with Crippen LogP contribution >= 0.6 is 22.6 Å². The van der Waals surface area contributed by atoms with E-state index in [1.54, 1.807) is 0 Å². The van der Waals surface area contributed by atoms with Gasteiger partial charge < -0.3 is 10.6 Å². The number of rotatable bonds is 2. The van der Waals surface area contributed by atoms with Crippen LogP contribution in [0.5, 0.6) is 0 Å². The Morgan fingerprint density at radius 3 is 2.60 bits per heavy atom. The largest absolute Gasteiger partial charge is 0.341 e. The third-order valence-corrected chi connectivity index (χ3v) is 5.53. The molecule has 0 radical (unpaired) electrons. The van der Waals surface area contributed by atoms with Crippen LogP contribution in [0, 0.1) is 15.0 Å². The molecule has 0 spiro atoms. The van der Waals surface area contributed by atoms with E-state index in [1.807, 2.05) is 18.2 Å². The first-order valence-corrected chi connectivity index (χ1v) is 9.10. The van der Waals surface area contributed by atoms with E-state index in [0.717, 1.165) is 35.2 Å². The number of hydrogen-bond acceptors (Lipinski definition) is 6. The molecule has 7 nitrogen and oxygen atoms in total. The second-order valence-electron chi connectivity index (χ2n) is 6.23. The highest BCUT2D eigenvalue weighted by Gasteiger charge is 2.33. The zero-order valence-electron chi connectivity index (χ0n) is 13.4. The summed E-state index contributed by atoms with van der Waals surface area (Å²) in [5, 5.41) is 17.1. The Morgan fingerprint density at radius 2 is 1.92 bits per heavy atom. The molecule has 0 saturated carbocycles. The fraction of sp³-hybridized carbons (Fsp3) is 0.294. The van der Waals surface area contributed by atoms with Crippen LogP contribution in [0.4, 0.5) is 5.95 Å². The van der Waals surface area contributed by atoms with E-state index in [-0.39, 0.29) is 5.54 Å². The fourth-order valence-electron chi connectivity index (χ4n) is 3.27. The lowest BCUT2D eigenvalue weighted by Gasteiger charge is -2.39. The van der Waals surface area contributed by atoms with Crippen molar-refractivity contribution in [3.63, 3.8) is 0 Å². The molecule has 0 aliphatic carbocycles. The Bertz CT molecular complexity index is 952. The lowest BCUT2D eigenvalue weighted by atomic mass is 9.82. The highest BCUT2D eigenvalue weighted by molar-refractivity contribution is 14.1. The van der Waals surface area contributed by atoms with Gasteiger partial charge in [0.15, 0.2) is 11.3 Å². The first kappa shape index (κ1) is 16.2. The topological polar surface area (TPSA) is 108 Å². The van der Waals surface area contributed by atoms with Gasteiger partial charge in [0.2, 0.25) is 5.95 Å². The van der Waals surface area contributed by atoms with Crippen molar-refractivity contribution in [2.75, 3.05) is 18.0 Å². The van der Waals surface area contributed by atoms with E-state index in [1.165, 1.54) is 0 Å². The standard InChI is InChI=1S/C17H16IN7/c18-14-13-12(10-19)21-16(22-15(13)24-23-14)25-8-6-17(20,7-9-25)11-4-2-1-3-5-11/h1-5H,6-9,20H2,(H,21,22,23,24). The maximum Gasteiger partial charge on any atom is 0.228 e. The normalized spacial score (nSPS) is 16.8. The predicted molar refractivity (Wildman–Crippen MR) is 103 cm³/mol. The molecule has 4 rings (SSSR count). The van der Waals surface area contributed by atoms with Crippen LogP contribution in [0.15, 0.2) is 30.3 Å². The first-order chi connectivity index (χ1) is 12.1. The van der Waals surface area contributed by atoms with Gasteiger partial charge in [0.1, 0.15) is 9.77 Å². The number of halogens is 1. The monoisotopic (exact) mass is 445 g/mol. The fourth-order valence-corrected chi connectivity index (χ4v) is 3.88. The minimum absolute atomic E-state index is 0.332. The predicted octanol–water partition coefficient (Wildman–Crippen LogP) is 2.28. The number of hydrogen-bond donors (Lipinski definition) is 2. The summed E-state index contributed by atoms with van der Waals surface area (Å²) in [5.74, 6) is 0.544. The van der Waals surface area contributed by atoms with E-state index in [2.05, 4.69) is 65.9 Å². The molecule has 1 fully saturated rings. The van der Waals surface area contributed by atoms with Gasteiger partial charge in [0.05, 0.1) is 5.39 Å². The van der Waals surface area contributed by atoms with Gasteiger partial charge in [0.25, 0.3) is 0 Å². The maximum atomic E-state index is 9.41. The van der Waals surface area contributed by atoms with Gasteiger partial charge in [-0.1, -0.05) is 30.3 Å². The average molecular weight is 445 g/mol. The minimum Gasteiger partial charge on any atom is -0.341 e. The Balaban J connectivity index is 1.61. The number of nitriles is 1. The number of anilines is 1. The minimum atomic E-state index is -0.332. The van der Waals surface area contributed by atoms with E-state index in [9.17, 15) is 5.26 Å². The van der Waals surface area contributed by atoms with Crippen LogP contribution in [0.1, 0.15) is 24.1 Å². The number of aromatic amines is 1. The number of fused-ring (bicyclic) bond motifs is 1. The molecule has 3 N–H and O–H groups in total. The number of benzene rings is 1. The molecule has 1 aromatic carbocycles. The molecule has 0 unspecified atom stereocenters. The smallest absolute Gasteiger partial charge is 0.228 e. The van der Waals surface area contributed by atoms with E-state index in [0.29, 0.717) is 22.7 Å². The van der Waals surface area contributed by atoms with Gasteiger partial charge in [0, 0.05) is 18.6 Å². The maximum absolute atomic E-state index is 9.41. The molecule has 0 atom stereocenters. The van der Waals surface area contributed by atoms with Crippen LogP contribution in [-0.4, -0.2) is 33.3 Å². The molecule has 126 valence electrons.